The predicted molar refractivity (Wildman–Crippen MR) is 69.5 cm³/mol. The minimum atomic E-state index is 0.0181. The van der Waals surface area contributed by atoms with E-state index in [-0.39, 0.29) is 5.54 Å². The first-order valence-electron chi connectivity index (χ1n) is 5.84. The number of hydrogen-bond acceptors (Lipinski definition) is 2. The fraction of sp³-hybridized carbons (Fsp3) is 0.769. The molecule has 0 amide bonds. The topological polar surface area (TPSA) is 24.4 Å². The van der Waals surface area contributed by atoms with Crippen molar-refractivity contribution in [2.24, 2.45) is 4.99 Å². The molecule has 15 heavy (non-hydrogen) atoms. The standard InChI is InChI=1S/C13H26N2/c1-7-8-9-14-11(2)10-12(3)15-13(4,5)6/h10,14H,7-9H2,1-6H3/b11-10-,15-12+. The monoisotopic (exact) mass is 210 g/mol. The van der Waals surface area contributed by atoms with Crippen LogP contribution in [-0.4, -0.2) is 17.8 Å². The van der Waals surface area contributed by atoms with Gasteiger partial charge in [-0.1, -0.05) is 13.3 Å². The van der Waals surface area contributed by atoms with Crippen molar-refractivity contribution in [1.82, 2.24) is 5.32 Å². The molecule has 0 aliphatic rings. The molecule has 1 N–H and O–H groups in total. The van der Waals surface area contributed by atoms with Crippen LogP contribution >= 0.6 is 0 Å². The Labute approximate surface area is 94.9 Å². The zero-order valence-corrected chi connectivity index (χ0v) is 11.1. The van der Waals surface area contributed by atoms with E-state index >= 15 is 0 Å². The molecule has 88 valence electrons. The summed E-state index contributed by atoms with van der Waals surface area (Å²) in [4.78, 5) is 4.58. The molecule has 0 unspecified atom stereocenters. The van der Waals surface area contributed by atoms with Gasteiger partial charge in [-0.2, -0.15) is 0 Å². The zero-order valence-electron chi connectivity index (χ0n) is 11.1. The molecule has 2 nitrogen and oxygen atoms in total. The summed E-state index contributed by atoms with van der Waals surface area (Å²) in [6.45, 7) is 13.8. The third kappa shape index (κ3) is 9.51. The van der Waals surface area contributed by atoms with Crippen LogP contribution in [0.5, 0.6) is 0 Å². The van der Waals surface area contributed by atoms with E-state index in [0.717, 1.165) is 12.3 Å². The molecule has 0 radical (unpaired) electrons. The van der Waals surface area contributed by atoms with Gasteiger partial charge in [-0.25, -0.2) is 0 Å². The molecular formula is C13H26N2. The van der Waals surface area contributed by atoms with Gasteiger partial charge in [0.05, 0.1) is 5.54 Å². The van der Waals surface area contributed by atoms with E-state index in [9.17, 15) is 0 Å². The molecular weight excluding hydrogens is 184 g/mol. The highest BCUT2D eigenvalue weighted by molar-refractivity contribution is 5.93. The average Bonchev–Trinajstić information content (AvgIpc) is 2.00. The lowest BCUT2D eigenvalue weighted by Gasteiger charge is -2.13. The fourth-order valence-electron chi connectivity index (χ4n) is 1.39. The highest BCUT2D eigenvalue weighted by Crippen LogP contribution is 2.07. The highest BCUT2D eigenvalue weighted by Gasteiger charge is 2.06. The number of allylic oxidation sites excluding steroid dienone is 2. The first-order valence-corrected chi connectivity index (χ1v) is 5.84. The van der Waals surface area contributed by atoms with Gasteiger partial charge in [0.25, 0.3) is 0 Å². The smallest absolute Gasteiger partial charge is 0.0527 e. The van der Waals surface area contributed by atoms with Crippen molar-refractivity contribution in [1.29, 1.82) is 0 Å². The van der Waals surface area contributed by atoms with E-state index in [1.807, 2.05) is 0 Å². The van der Waals surface area contributed by atoms with Crippen molar-refractivity contribution in [3.05, 3.63) is 11.8 Å². The second-order valence-electron chi connectivity index (χ2n) is 5.03. The maximum absolute atomic E-state index is 4.58. The van der Waals surface area contributed by atoms with Crippen molar-refractivity contribution in [3.63, 3.8) is 0 Å². The van der Waals surface area contributed by atoms with Gasteiger partial charge < -0.3 is 5.32 Å². The van der Waals surface area contributed by atoms with Gasteiger partial charge in [0.2, 0.25) is 0 Å². The number of nitrogens with zero attached hydrogens (tertiary/aromatic N) is 1. The number of rotatable bonds is 5. The van der Waals surface area contributed by atoms with Gasteiger partial charge in [0.15, 0.2) is 0 Å². The summed E-state index contributed by atoms with van der Waals surface area (Å²) < 4.78 is 0. The Morgan fingerprint density at radius 3 is 2.33 bits per heavy atom. The molecule has 0 atom stereocenters. The van der Waals surface area contributed by atoms with E-state index in [4.69, 9.17) is 0 Å². The van der Waals surface area contributed by atoms with E-state index in [1.54, 1.807) is 0 Å². The van der Waals surface area contributed by atoms with Crippen molar-refractivity contribution in [2.45, 2.75) is 59.9 Å². The summed E-state index contributed by atoms with van der Waals surface area (Å²) in [5.74, 6) is 0. The van der Waals surface area contributed by atoms with Gasteiger partial charge in [-0.05, 0) is 47.1 Å². The molecule has 0 saturated heterocycles. The van der Waals surface area contributed by atoms with E-state index in [0.29, 0.717) is 0 Å². The Hall–Kier alpha value is -0.790. The summed E-state index contributed by atoms with van der Waals surface area (Å²) in [6.07, 6.45) is 4.57. The minimum absolute atomic E-state index is 0.0181. The third-order valence-electron chi connectivity index (χ3n) is 1.87. The molecule has 0 bridgehead atoms. The Bertz CT molecular complexity index is 231. The van der Waals surface area contributed by atoms with Crippen LogP contribution in [0.15, 0.2) is 16.8 Å². The Balaban J connectivity index is 4.17. The Morgan fingerprint density at radius 2 is 1.87 bits per heavy atom. The van der Waals surface area contributed by atoms with Crippen LogP contribution in [0, 0.1) is 0 Å². The molecule has 0 aromatic heterocycles. The second-order valence-corrected chi connectivity index (χ2v) is 5.03. The average molecular weight is 210 g/mol. The van der Waals surface area contributed by atoms with Crippen LogP contribution in [0.25, 0.3) is 0 Å². The van der Waals surface area contributed by atoms with E-state index in [1.165, 1.54) is 18.5 Å². The Kier molecular flexibility index (Phi) is 6.30. The zero-order chi connectivity index (χ0) is 11.9. The largest absolute Gasteiger partial charge is 0.389 e. The molecule has 0 aromatic carbocycles. The number of hydrogen-bond donors (Lipinski definition) is 1. The first kappa shape index (κ1) is 14.2. The van der Waals surface area contributed by atoms with Crippen molar-refractivity contribution in [3.8, 4) is 0 Å². The van der Waals surface area contributed by atoms with Crippen LogP contribution in [0.1, 0.15) is 54.4 Å². The molecule has 0 saturated carbocycles. The fourth-order valence-corrected chi connectivity index (χ4v) is 1.39. The normalized spacial score (nSPS) is 14.3. The minimum Gasteiger partial charge on any atom is -0.389 e. The first-order chi connectivity index (χ1) is 6.85. The van der Waals surface area contributed by atoms with Crippen molar-refractivity contribution >= 4 is 5.71 Å². The second kappa shape index (κ2) is 6.65. The van der Waals surface area contributed by atoms with Crippen molar-refractivity contribution < 1.29 is 0 Å². The van der Waals surface area contributed by atoms with Gasteiger partial charge in [-0.15, -0.1) is 0 Å². The lowest BCUT2D eigenvalue weighted by molar-refractivity contribution is 0.584. The number of nitrogens with one attached hydrogen (secondary N) is 1. The van der Waals surface area contributed by atoms with Crippen LogP contribution in [0.2, 0.25) is 0 Å². The maximum atomic E-state index is 4.58. The van der Waals surface area contributed by atoms with Crippen LogP contribution in [-0.2, 0) is 0 Å². The third-order valence-corrected chi connectivity index (χ3v) is 1.87. The molecule has 0 aliphatic heterocycles. The van der Waals surface area contributed by atoms with Gasteiger partial charge in [-0.3, -0.25) is 4.99 Å². The Morgan fingerprint density at radius 1 is 1.27 bits per heavy atom. The van der Waals surface area contributed by atoms with Crippen LogP contribution in [0.3, 0.4) is 0 Å². The molecule has 0 fully saturated rings. The molecule has 0 aromatic rings. The molecule has 0 aliphatic carbocycles. The molecule has 0 spiro atoms. The van der Waals surface area contributed by atoms with Gasteiger partial charge in [0.1, 0.15) is 0 Å². The van der Waals surface area contributed by atoms with Crippen LogP contribution < -0.4 is 5.32 Å². The summed E-state index contributed by atoms with van der Waals surface area (Å²) in [5, 5.41) is 3.38. The quantitative estimate of drug-likeness (QED) is 0.545. The number of unbranched alkanes of at least 4 members (excludes halogenated alkanes) is 1. The SMILES string of the molecule is CCCCN/C(C)=C\C(C)=N\C(C)(C)C. The van der Waals surface area contributed by atoms with E-state index < -0.39 is 0 Å². The molecule has 2 heteroatoms. The van der Waals surface area contributed by atoms with Gasteiger partial charge in [0, 0.05) is 18.0 Å². The summed E-state index contributed by atoms with van der Waals surface area (Å²) in [7, 11) is 0. The molecule has 0 heterocycles. The predicted octanol–water partition coefficient (Wildman–Crippen LogP) is 3.54. The van der Waals surface area contributed by atoms with E-state index in [2.05, 4.69) is 57.9 Å². The summed E-state index contributed by atoms with van der Waals surface area (Å²) >= 11 is 0. The summed E-state index contributed by atoms with van der Waals surface area (Å²) in [6, 6.07) is 0. The lowest BCUT2D eigenvalue weighted by Crippen LogP contribution is -2.15. The van der Waals surface area contributed by atoms with Gasteiger partial charge >= 0.3 is 0 Å². The van der Waals surface area contributed by atoms with Crippen molar-refractivity contribution in [2.75, 3.05) is 6.54 Å². The summed E-state index contributed by atoms with van der Waals surface area (Å²) in [5.41, 5.74) is 2.31. The lowest BCUT2D eigenvalue weighted by atomic mass is 10.1. The number of aliphatic imine (C=N–C) groups is 1. The highest BCUT2D eigenvalue weighted by atomic mass is 14.9. The maximum Gasteiger partial charge on any atom is 0.0527 e. The van der Waals surface area contributed by atoms with Crippen LogP contribution in [0.4, 0.5) is 0 Å². The molecule has 0 rings (SSSR count).